The fourth-order valence-corrected chi connectivity index (χ4v) is 2.00. The fraction of sp³-hybridized carbons (Fsp3) is 0. The van der Waals surface area contributed by atoms with E-state index in [0.29, 0.717) is 34.0 Å². The average molecular weight is 292 g/mol. The summed E-state index contributed by atoms with van der Waals surface area (Å²) in [6.45, 7) is 0. The quantitative estimate of drug-likeness (QED) is 0.417. The van der Waals surface area contributed by atoms with Crippen LogP contribution in [-0.4, -0.2) is 68.8 Å². The molecule has 0 aliphatic carbocycles. The standard InChI is InChI=1S/C10H8N10.Na.H/c11-7-5-9(15-1-13-7)19(3-17-5)20-4-18-6-8(12)14-2-16-10(6)20;;/h1-4H,(H2,11,13,15)(H2,12,14,16);;. The molecule has 0 fully saturated rings. The Kier molecular flexibility index (Phi) is 3.20. The van der Waals surface area contributed by atoms with Crippen molar-refractivity contribution < 1.29 is 0 Å². The predicted octanol–water partition coefficient (Wildman–Crippen LogP) is -1.21. The van der Waals surface area contributed by atoms with Crippen LogP contribution in [-0.2, 0) is 0 Å². The van der Waals surface area contributed by atoms with E-state index < -0.39 is 0 Å². The van der Waals surface area contributed by atoms with Crippen molar-refractivity contribution in [3.05, 3.63) is 25.3 Å². The number of hydrogen-bond donors (Lipinski definition) is 2. The molecule has 0 atom stereocenters. The first-order valence-corrected chi connectivity index (χ1v) is 5.63. The van der Waals surface area contributed by atoms with E-state index in [1.54, 1.807) is 22.0 Å². The molecule has 0 aliphatic heterocycles. The molecule has 4 aromatic heterocycles. The summed E-state index contributed by atoms with van der Waals surface area (Å²) in [7, 11) is 0. The van der Waals surface area contributed by atoms with Crippen molar-refractivity contribution in [1.82, 2.24) is 39.3 Å². The zero-order valence-electron chi connectivity index (χ0n) is 10.0. The van der Waals surface area contributed by atoms with Crippen molar-refractivity contribution in [3.63, 3.8) is 0 Å². The van der Waals surface area contributed by atoms with Crippen molar-refractivity contribution in [2.24, 2.45) is 0 Å². The molecule has 4 N–H and O–H groups in total. The Morgan fingerprint density at radius 2 is 1.10 bits per heavy atom. The van der Waals surface area contributed by atoms with Gasteiger partial charge in [-0.1, -0.05) is 0 Å². The van der Waals surface area contributed by atoms with Crippen LogP contribution in [0, 0.1) is 0 Å². The van der Waals surface area contributed by atoms with Gasteiger partial charge in [-0.3, -0.25) is 0 Å². The van der Waals surface area contributed by atoms with E-state index in [2.05, 4.69) is 29.9 Å². The van der Waals surface area contributed by atoms with Gasteiger partial charge in [-0.05, 0) is 0 Å². The number of imidazole rings is 2. The Hall–Kier alpha value is -2.30. The van der Waals surface area contributed by atoms with Gasteiger partial charge >= 0.3 is 29.6 Å². The second kappa shape index (κ2) is 4.91. The molecule has 0 saturated heterocycles. The van der Waals surface area contributed by atoms with E-state index in [1.165, 1.54) is 12.7 Å². The van der Waals surface area contributed by atoms with Gasteiger partial charge in [0.2, 0.25) is 0 Å². The Labute approximate surface area is 139 Å². The van der Waals surface area contributed by atoms with Gasteiger partial charge in [-0.25, -0.2) is 39.3 Å². The first kappa shape index (κ1) is 13.7. The molecule has 11 heteroatoms. The molecule has 0 unspecified atom stereocenters. The summed E-state index contributed by atoms with van der Waals surface area (Å²) >= 11 is 0. The Morgan fingerprint density at radius 3 is 1.52 bits per heavy atom. The second-order valence-electron chi connectivity index (χ2n) is 4.04. The molecule has 0 saturated carbocycles. The van der Waals surface area contributed by atoms with E-state index in [-0.39, 0.29) is 29.6 Å². The van der Waals surface area contributed by atoms with Crippen LogP contribution in [0.2, 0.25) is 0 Å². The van der Waals surface area contributed by atoms with Gasteiger partial charge in [0.05, 0.1) is 0 Å². The van der Waals surface area contributed by atoms with E-state index in [9.17, 15) is 0 Å². The molecule has 0 aliphatic rings. The van der Waals surface area contributed by atoms with Crippen molar-refractivity contribution >= 4 is 63.5 Å². The Balaban J connectivity index is 0.00000132. The summed E-state index contributed by atoms with van der Waals surface area (Å²) in [6, 6.07) is 0. The summed E-state index contributed by atoms with van der Waals surface area (Å²) in [5, 5.41) is 0. The Morgan fingerprint density at radius 1 is 0.667 bits per heavy atom. The van der Waals surface area contributed by atoms with Crippen LogP contribution in [0.3, 0.4) is 0 Å². The average Bonchev–Trinajstić information content (AvgIpc) is 3.03. The number of rotatable bonds is 1. The van der Waals surface area contributed by atoms with Gasteiger partial charge in [-0.15, -0.1) is 0 Å². The fourth-order valence-electron chi connectivity index (χ4n) is 2.00. The number of anilines is 2. The molecule has 0 aromatic carbocycles. The molecular weight excluding hydrogens is 283 g/mol. The molecule has 0 radical (unpaired) electrons. The summed E-state index contributed by atoms with van der Waals surface area (Å²) in [5.74, 6) is 0.625. The minimum absolute atomic E-state index is 0. The molecule has 0 amide bonds. The van der Waals surface area contributed by atoms with Crippen LogP contribution in [0.15, 0.2) is 25.3 Å². The SMILES string of the molecule is Nc1ncnc2c1ncn2-n1cnc2c(N)ncnc21.[NaH]. The molecule has 21 heavy (non-hydrogen) atoms. The third-order valence-electron chi connectivity index (χ3n) is 2.92. The number of nitrogens with zero attached hydrogens (tertiary/aromatic N) is 8. The third-order valence-corrected chi connectivity index (χ3v) is 2.92. The zero-order valence-corrected chi connectivity index (χ0v) is 10.0. The summed E-state index contributed by atoms with van der Waals surface area (Å²) in [6.07, 6.45) is 5.88. The van der Waals surface area contributed by atoms with Crippen molar-refractivity contribution in [1.29, 1.82) is 0 Å². The van der Waals surface area contributed by atoms with Gasteiger partial charge in [0.25, 0.3) is 0 Å². The molecular formula is C10H9N10Na. The monoisotopic (exact) mass is 292 g/mol. The second-order valence-corrected chi connectivity index (χ2v) is 4.04. The van der Waals surface area contributed by atoms with E-state index in [0.717, 1.165) is 0 Å². The van der Waals surface area contributed by atoms with Crippen molar-refractivity contribution in [2.75, 3.05) is 11.5 Å². The van der Waals surface area contributed by atoms with Crippen LogP contribution < -0.4 is 11.5 Å². The Bertz CT molecular complexity index is 863. The number of hydrogen-bond acceptors (Lipinski definition) is 8. The number of nitrogen functional groups attached to an aromatic ring is 2. The van der Waals surface area contributed by atoms with Crippen LogP contribution in [0.4, 0.5) is 11.6 Å². The molecule has 100 valence electrons. The van der Waals surface area contributed by atoms with Gasteiger partial charge < -0.3 is 11.5 Å². The van der Waals surface area contributed by atoms with E-state index >= 15 is 0 Å². The first-order valence-electron chi connectivity index (χ1n) is 5.63. The summed E-state index contributed by atoms with van der Waals surface area (Å²) in [5.41, 5.74) is 13.6. The van der Waals surface area contributed by atoms with E-state index in [1.807, 2.05) is 0 Å². The van der Waals surface area contributed by atoms with Crippen molar-refractivity contribution in [3.8, 4) is 0 Å². The van der Waals surface area contributed by atoms with Crippen LogP contribution in [0.1, 0.15) is 0 Å². The van der Waals surface area contributed by atoms with Crippen LogP contribution in [0.25, 0.3) is 22.3 Å². The predicted molar refractivity (Wildman–Crippen MR) is 77.4 cm³/mol. The topological polar surface area (TPSA) is 139 Å². The number of fused-ring (bicyclic) bond motifs is 2. The molecule has 0 spiro atoms. The van der Waals surface area contributed by atoms with Crippen LogP contribution in [0.5, 0.6) is 0 Å². The molecule has 4 rings (SSSR count). The molecule has 4 heterocycles. The van der Waals surface area contributed by atoms with Gasteiger partial charge in [-0.2, -0.15) is 0 Å². The molecule has 4 aromatic rings. The zero-order chi connectivity index (χ0) is 13.7. The molecule has 0 bridgehead atoms. The first-order chi connectivity index (χ1) is 9.75. The number of nitrogens with two attached hydrogens (primary N) is 2. The number of aromatic nitrogens is 8. The van der Waals surface area contributed by atoms with E-state index in [4.69, 9.17) is 11.5 Å². The van der Waals surface area contributed by atoms with Crippen LogP contribution >= 0.6 is 0 Å². The van der Waals surface area contributed by atoms with Gasteiger partial charge in [0, 0.05) is 0 Å². The minimum atomic E-state index is 0. The maximum absolute atomic E-state index is 5.76. The summed E-state index contributed by atoms with van der Waals surface area (Å²) in [4.78, 5) is 24.5. The van der Waals surface area contributed by atoms with Crippen molar-refractivity contribution in [2.45, 2.75) is 0 Å². The summed E-state index contributed by atoms with van der Waals surface area (Å²) < 4.78 is 3.32. The van der Waals surface area contributed by atoms with Gasteiger partial charge in [0.15, 0.2) is 34.0 Å². The third kappa shape index (κ3) is 1.92. The normalized spacial score (nSPS) is 10.9. The van der Waals surface area contributed by atoms with Gasteiger partial charge in [0.1, 0.15) is 25.3 Å². The maximum atomic E-state index is 5.76. The molecule has 10 nitrogen and oxygen atoms in total.